The first-order chi connectivity index (χ1) is 10.2. The highest BCUT2D eigenvalue weighted by atomic mass is 16.4. The van der Waals surface area contributed by atoms with Crippen molar-refractivity contribution < 1.29 is 25.2 Å². The minimum atomic E-state index is -1.55. The number of H-pyrrole nitrogens is 2. The third-order valence-corrected chi connectivity index (χ3v) is 2.46. The van der Waals surface area contributed by atoms with Crippen LogP contribution in [0.15, 0.2) is 33.9 Å². The Labute approximate surface area is 123 Å². The number of aliphatic hydroxyl groups excluding tert-OH is 1. The number of benzene rings is 1. The Morgan fingerprint density at radius 2 is 1.68 bits per heavy atom. The summed E-state index contributed by atoms with van der Waals surface area (Å²) in [7, 11) is 0. The van der Waals surface area contributed by atoms with Crippen LogP contribution >= 0.6 is 0 Å². The molecule has 6 N–H and O–H groups in total. The van der Waals surface area contributed by atoms with Gasteiger partial charge in [-0.05, 0) is 6.07 Å². The largest absolute Gasteiger partial charge is 0.508 e. The fourth-order valence-electron chi connectivity index (χ4n) is 1.61. The summed E-state index contributed by atoms with van der Waals surface area (Å²) in [6.07, 6.45) is -1.55. The fourth-order valence-corrected chi connectivity index (χ4v) is 1.61. The molecule has 9 heteroatoms. The van der Waals surface area contributed by atoms with Crippen molar-refractivity contribution in [3.63, 3.8) is 0 Å². The zero-order valence-electron chi connectivity index (χ0n) is 11.4. The number of aliphatic carboxylic acids is 1. The topological polar surface area (TPSA) is 164 Å². The number of hydrogen-bond donors (Lipinski definition) is 6. The van der Waals surface area contributed by atoms with Crippen LogP contribution in [-0.2, 0) is 4.79 Å². The molecule has 0 amide bonds. The normalized spacial score (nSPS) is 11.2. The Morgan fingerprint density at radius 3 is 2.18 bits per heavy atom. The van der Waals surface area contributed by atoms with E-state index < -0.39 is 34.8 Å². The van der Waals surface area contributed by atoms with Crippen molar-refractivity contribution in [1.29, 1.82) is 0 Å². The van der Waals surface area contributed by atoms with Crippen LogP contribution in [-0.4, -0.2) is 36.4 Å². The number of aromatic amines is 2. The number of hydrogen-bond acceptors (Lipinski definition) is 6. The summed E-state index contributed by atoms with van der Waals surface area (Å²) in [5, 5.41) is 36.4. The Hall–Kier alpha value is -3.07. The first kappa shape index (κ1) is 17.0. The van der Waals surface area contributed by atoms with Gasteiger partial charge in [-0.3, -0.25) is 19.6 Å². The molecule has 22 heavy (non-hydrogen) atoms. The number of carboxylic acid groups (broad SMARTS) is 1. The molecule has 1 unspecified atom stereocenters. The third kappa shape index (κ3) is 4.21. The Morgan fingerprint density at radius 1 is 1.14 bits per heavy atom. The number of aliphatic hydroxyl groups is 1. The average molecular weight is 310 g/mol. The molecule has 0 fully saturated rings. The molecule has 0 spiro atoms. The predicted molar refractivity (Wildman–Crippen MR) is 74.8 cm³/mol. The van der Waals surface area contributed by atoms with E-state index in [-0.39, 0.29) is 11.3 Å². The number of carboxylic acids is 1. The minimum Gasteiger partial charge on any atom is -0.508 e. The van der Waals surface area contributed by atoms with Gasteiger partial charge in [0, 0.05) is 12.5 Å². The summed E-state index contributed by atoms with van der Waals surface area (Å²) in [6.45, 7) is 1.08. The molecule has 0 aliphatic rings. The van der Waals surface area contributed by atoms with Gasteiger partial charge in [0.05, 0.1) is 0 Å². The van der Waals surface area contributed by atoms with Gasteiger partial charge in [-0.15, -0.1) is 0 Å². The lowest BCUT2D eigenvalue weighted by molar-refractivity contribution is -0.134. The molecular weight excluding hydrogens is 296 g/mol. The molecule has 0 saturated carbocycles. The molecule has 1 aromatic carbocycles. The summed E-state index contributed by atoms with van der Waals surface area (Å²) >= 11 is 0. The van der Waals surface area contributed by atoms with Gasteiger partial charge in [0.15, 0.2) is 0 Å². The van der Waals surface area contributed by atoms with E-state index in [1.54, 1.807) is 12.1 Å². The van der Waals surface area contributed by atoms with Crippen molar-refractivity contribution in [2.24, 2.45) is 0 Å². The highest BCUT2D eigenvalue weighted by Crippen LogP contribution is 2.29. The van der Waals surface area contributed by atoms with E-state index in [9.17, 15) is 24.9 Å². The number of para-hydroxylation sites is 1. The van der Waals surface area contributed by atoms with Gasteiger partial charge in [-0.1, -0.05) is 18.2 Å². The molecule has 1 heterocycles. The monoisotopic (exact) mass is 310 g/mol. The van der Waals surface area contributed by atoms with E-state index in [0.717, 1.165) is 6.92 Å². The number of carbonyl (C=O) groups is 1. The molecule has 0 saturated heterocycles. The van der Waals surface area contributed by atoms with Crippen molar-refractivity contribution in [2.45, 2.75) is 13.0 Å². The van der Waals surface area contributed by atoms with Crippen LogP contribution in [0.5, 0.6) is 11.6 Å². The maximum Gasteiger partial charge on any atom is 0.328 e. The summed E-state index contributed by atoms with van der Waals surface area (Å²) in [5.74, 6) is -1.80. The predicted octanol–water partition coefficient (Wildman–Crippen LogP) is -0.353. The average Bonchev–Trinajstić information content (AvgIpc) is 2.37. The van der Waals surface area contributed by atoms with Crippen LogP contribution in [0.2, 0.25) is 0 Å². The van der Waals surface area contributed by atoms with Crippen molar-refractivity contribution in [3.8, 4) is 11.6 Å². The molecule has 118 valence electrons. The summed E-state index contributed by atoms with van der Waals surface area (Å²) in [5.41, 5.74) is -2.20. The highest BCUT2D eigenvalue weighted by molar-refractivity contribution is 5.62. The van der Waals surface area contributed by atoms with Crippen molar-refractivity contribution >= 4 is 5.97 Å². The summed E-state index contributed by atoms with van der Waals surface area (Å²) in [6, 6.07) is 5.82. The molecule has 2 rings (SSSR count). The maximum atomic E-state index is 11.5. The van der Waals surface area contributed by atoms with Crippen molar-refractivity contribution in [1.82, 2.24) is 9.97 Å². The van der Waals surface area contributed by atoms with Crippen LogP contribution in [0.4, 0.5) is 0 Å². The Kier molecular flexibility index (Phi) is 5.47. The van der Waals surface area contributed by atoms with Crippen LogP contribution in [0.3, 0.4) is 0 Å². The SMILES string of the molecule is CC(=O)O.O=c1[nH]c(O)c(C(O)c2ccccc2O)c(=O)[nH]1. The van der Waals surface area contributed by atoms with Gasteiger partial charge >= 0.3 is 5.69 Å². The number of aromatic nitrogens is 2. The smallest absolute Gasteiger partial charge is 0.328 e. The molecular formula is C13H14N2O7. The van der Waals surface area contributed by atoms with E-state index in [4.69, 9.17) is 9.90 Å². The lowest BCUT2D eigenvalue weighted by atomic mass is 10.0. The molecule has 1 atom stereocenters. The van der Waals surface area contributed by atoms with Gasteiger partial charge in [-0.25, -0.2) is 4.79 Å². The quantitative estimate of drug-likeness (QED) is 0.441. The Bertz CT molecular complexity index is 774. The van der Waals surface area contributed by atoms with Gasteiger partial charge in [0.1, 0.15) is 17.4 Å². The van der Waals surface area contributed by atoms with E-state index in [1.165, 1.54) is 12.1 Å². The number of rotatable bonds is 2. The zero-order chi connectivity index (χ0) is 16.9. The molecule has 0 bridgehead atoms. The second-order valence-corrected chi connectivity index (χ2v) is 4.15. The number of aromatic hydroxyl groups is 2. The van der Waals surface area contributed by atoms with E-state index in [2.05, 4.69) is 0 Å². The van der Waals surface area contributed by atoms with E-state index in [0.29, 0.717) is 0 Å². The van der Waals surface area contributed by atoms with Gasteiger partial charge in [0.2, 0.25) is 5.88 Å². The van der Waals surface area contributed by atoms with Crippen molar-refractivity contribution in [3.05, 3.63) is 56.2 Å². The third-order valence-electron chi connectivity index (χ3n) is 2.46. The summed E-state index contributed by atoms with van der Waals surface area (Å²) in [4.78, 5) is 35.2. The van der Waals surface area contributed by atoms with Gasteiger partial charge in [0.25, 0.3) is 11.5 Å². The molecule has 2 aromatic rings. The summed E-state index contributed by atoms with van der Waals surface area (Å²) < 4.78 is 0. The second-order valence-electron chi connectivity index (χ2n) is 4.15. The number of nitrogens with one attached hydrogen (secondary N) is 2. The minimum absolute atomic E-state index is 0.0466. The lowest BCUT2D eigenvalue weighted by Crippen LogP contribution is -2.27. The molecule has 1 aromatic heterocycles. The molecule has 9 nitrogen and oxygen atoms in total. The first-order valence-corrected chi connectivity index (χ1v) is 5.95. The molecule has 0 aliphatic heterocycles. The van der Waals surface area contributed by atoms with Gasteiger partial charge in [-0.2, -0.15) is 0 Å². The highest BCUT2D eigenvalue weighted by Gasteiger charge is 2.22. The van der Waals surface area contributed by atoms with E-state index >= 15 is 0 Å². The molecule has 0 aliphatic carbocycles. The van der Waals surface area contributed by atoms with Crippen LogP contribution < -0.4 is 11.2 Å². The van der Waals surface area contributed by atoms with E-state index in [1.807, 2.05) is 9.97 Å². The van der Waals surface area contributed by atoms with Crippen molar-refractivity contribution in [2.75, 3.05) is 0 Å². The lowest BCUT2D eigenvalue weighted by Gasteiger charge is -2.12. The van der Waals surface area contributed by atoms with Crippen LogP contribution in [0, 0.1) is 0 Å². The maximum absolute atomic E-state index is 11.5. The fraction of sp³-hybridized carbons (Fsp3) is 0.154. The number of phenolic OH excluding ortho intramolecular Hbond substituents is 1. The number of phenols is 1. The van der Waals surface area contributed by atoms with Crippen LogP contribution in [0.1, 0.15) is 24.2 Å². The second kappa shape index (κ2) is 7.09. The Balaban J connectivity index is 0.000000541. The van der Waals surface area contributed by atoms with Gasteiger partial charge < -0.3 is 20.4 Å². The molecule has 0 radical (unpaired) electrons. The van der Waals surface area contributed by atoms with Crippen LogP contribution in [0.25, 0.3) is 0 Å². The first-order valence-electron chi connectivity index (χ1n) is 5.95. The zero-order valence-corrected chi connectivity index (χ0v) is 11.4. The standard InChI is InChI=1S/C11H10N2O5.C2H4O2/c14-6-4-2-1-3-5(6)8(15)7-9(16)12-11(18)13-10(7)17;1-2(3)4/h1-4,8,14-15H,(H3,12,13,16,17,18);1H3,(H,3,4).